The van der Waals surface area contributed by atoms with Crippen molar-refractivity contribution in [2.45, 2.75) is 20.4 Å². The number of carbonyl (C=O) groups is 1. The lowest BCUT2D eigenvalue weighted by atomic mass is 10.1. The highest BCUT2D eigenvalue weighted by molar-refractivity contribution is 6.06. The van der Waals surface area contributed by atoms with Crippen molar-refractivity contribution in [3.63, 3.8) is 0 Å². The number of hydrogen-bond donors (Lipinski definition) is 1. The summed E-state index contributed by atoms with van der Waals surface area (Å²) >= 11 is 0. The molecule has 0 radical (unpaired) electrons. The molecular formula is C21H20N4O3. The van der Waals surface area contributed by atoms with Crippen molar-refractivity contribution in [2.24, 2.45) is 0 Å². The van der Waals surface area contributed by atoms with Crippen LogP contribution in [0.2, 0.25) is 0 Å². The summed E-state index contributed by atoms with van der Waals surface area (Å²) in [7, 11) is 1.60. The lowest BCUT2D eigenvalue weighted by Gasteiger charge is -2.13. The molecule has 0 atom stereocenters. The van der Waals surface area contributed by atoms with Crippen LogP contribution in [0.3, 0.4) is 0 Å². The highest BCUT2D eigenvalue weighted by atomic mass is 16.5. The maximum Gasteiger partial charge on any atom is 0.277 e. The summed E-state index contributed by atoms with van der Waals surface area (Å²) in [6, 6.07) is 12.4. The summed E-state index contributed by atoms with van der Waals surface area (Å²) in [5.41, 5.74) is 3.91. The molecule has 0 aliphatic rings. The summed E-state index contributed by atoms with van der Waals surface area (Å²) in [4.78, 5) is 25.5. The summed E-state index contributed by atoms with van der Waals surface area (Å²) in [6.07, 6.45) is 1.60. The number of carbonyl (C=O) groups excluding carboxylic acids is 1. The smallest absolute Gasteiger partial charge is 0.277 e. The predicted octanol–water partition coefficient (Wildman–Crippen LogP) is 3.24. The summed E-state index contributed by atoms with van der Waals surface area (Å²) in [6.45, 7) is 4.31. The lowest BCUT2D eigenvalue weighted by molar-refractivity contribution is 0.102. The molecule has 7 nitrogen and oxygen atoms in total. The van der Waals surface area contributed by atoms with Crippen molar-refractivity contribution in [2.75, 3.05) is 12.4 Å². The van der Waals surface area contributed by atoms with Crippen molar-refractivity contribution in [3.8, 4) is 5.75 Å². The second kappa shape index (κ2) is 6.84. The van der Waals surface area contributed by atoms with Gasteiger partial charge in [-0.2, -0.15) is 5.10 Å². The van der Waals surface area contributed by atoms with E-state index in [1.54, 1.807) is 46.7 Å². The molecule has 28 heavy (non-hydrogen) atoms. The van der Waals surface area contributed by atoms with Gasteiger partial charge in [-0.3, -0.25) is 9.59 Å². The number of aryl methyl sites for hydroxylation is 2. The molecule has 142 valence electrons. The molecule has 0 saturated carbocycles. The van der Waals surface area contributed by atoms with Crippen molar-refractivity contribution in [1.29, 1.82) is 0 Å². The standard InChI is InChI=1S/C21H20N4O3/c1-4-24-19-12-14(5-8-17(19)25-18(21(24)27)9-10-22-25)20(26)23-16-7-6-15(28-3)11-13(16)2/h5-12H,4H2,1-3H3,(H,23,26). The zero-order valence-electron chi connectivity index (χ0n) is 15.9. The first-order valence-electron chi connectivity index (χ1n) is 8.99. The third-order valence-corrected chi connectivity index (χ3v) is 4.86. The van der Waals surface area contributed by atoms with Crippen molar-refractivity contribution < 1.29 is 9.53 Å². The van der Waals surface area contributed by atoms with Gasteiger partial charge in [-0.25, -0.2) is 4.52 Å². The molecular weight excluding hydrogens is 356 g/mol. The summed E-state index contributed by atoms with van der Waals surface area (Å²) in [5, 5.41) is 7.17. The highest BCUT2D eigenvalue weighted by Gasteiger charge is 2.14. The van der Waals surface area contributed by atoms with Crippen LogP contribution in [0.25, 0.3) is 16.6 Å². The van der Waals surface area contributed by atoms with Crippen LogP contribution in [0.1, 0.15) is 22.8 Å². The molecule has 4 rings (SSSR count). The van der Waals surface area contributed by atoms with Crippen LogP contribution >= 0.6 is 0 Å². The van der Waals surface area contributed by atoms with Crippen LogP contribution in [0, 0.1) is 6.92 Å². The van der Waals surface area contributed by atoms with E-state index < -0.39 is 0 Å². The molecule has 0 spiro atoms. The third kappa shape index (κ3) is 2.81. The van der Waals surface area contributed by atoms with E-state index in [0.29, 0.717) is 28.8 Å². The van der Waals surface area contributed by atoms with Gasteiger partial charge in [0, 0.05) is 17.8 Å². The maximum absolute atomic E-state index is 12.8. The minimum atomic E-state index is -0.245. The quantitative estimate of drug-likeness (QED) is 0.593. The van der Waals surface area contributed by atoms with Crippen LogP contribution in [0.4, 0.5) is 5.69 Å². The zero-order valence-corrected chi connectivity index (χ0v) is 15.9. The average molecular weight is 376 g/mol. The largest absolute Gasteiger partial charge is 0.497 e. The first-order valence-corrected chi connectivity index (χ1v) is 8.99. The summed E-state index contributed by atoms with van der Waals surface area (Å²) in [5.74, 6) is 0.488. The molecule has 0 bridgehead atoms. The molecule has 4 aromatic rings. The van der Waals surface area contributed by atoms with Gasteiger partial charge in [0.15, 0.2) is 0 Å². The Kier molecular flexibility index (Phi) is 4.35. The highest BCUT2D eigenvalue weighted by Crippen LogP contribution is 2.22. The zero-order chi connectivity index (χ0) is 19.8. The van der Waals surface area contributed by atoms with Gasteiger partial charge in [-0.1, -0.05) is 0 Å². The van der Waals surface area contributed by atoms with Gasteiger partial charge >= 0.3 is 0 Å². The Labute approximate surface area is 161 Å². The van der Waals surface area contributed by atoms with E-state index in [0.717, 1.165) is 16.8 Å². The fraction of sp³-hybridized carbons (Fsp3) is 0.190. The molecule has 0 aliphatic carbocycles. The Morgan fingerprint density at radius 1 is 1.11 bits per heavy atom. The molecule has 0 saturated heterocycles. The Bertz CT molecular complexity index is 1270. The molecule has 2 aromatic carbocycles. The number of benzene rings is 2. The number of nitrogens with zero attached hydrogens (tertiary/aromatic N) is 3. The average Bonchev–Trinajstić information content (AvgIpc) is 3.20. The summed E-state index contributed by atoms with van der Waals surface area (Å²) < 4.78 is 8.46. The van der Waals surface area contributed by atoms with Gasteiger partial charge in [0.1, 0.15) is 11.3 Å². The van der Waals surface area contributed by atoms with Gasteiger partial charge in [0.2, 0.25) is 0 Å². The van der Waals surface area contributed by atoms with Crippen molar-refractivity contribution in [3.05, 3.63) is 70.1 Å². The number of anilines is 1. The molecule has 1 amide bonds. The maximum atomic E-state index is 12.8. The normalized spacial score (nSPS) is 11.1. The number of rotatable bonds is 4. The van der Waals surface area contributed by atoms with E-state index in [2.05, 4.69) is 10.4 Å². The van der Waals surface area contributed by atoms with Crippen molar-refractivity contribution >= 4 is 28.1 Å². The first-order chi connectivity index (χ1) is 13.5. The van der Waals surface area contributed by atoms with E-state index in [4.69, 9.17) is 4.74 Å². The van der Waals surface area contributed by atoms with Crippen LogP contribution in [-0.4, -0.2) is 27.2 Å². The predicted molar refractivity (Wildman–Crippen MR) is 108 cm³/mol. The Hall–Kier alpha value is -3.61. The molecule has 0 aliphatic heterocycles. The molecule has 2 aromatic heterocycles. The number of ether oxygens (including phenoxy) is 1. The fourth-order valence-electron chi connectivity index (χ4n) is 3.38. The first kappa shape index (κ1) is 17.8. The molecule has 7 heteroatoms. The second-order valence-corrected chi connectivity index (χ2v) is 6.52. The monoisotopic (exact) mass is 376 g/mol. The Morgan fingerprint density at radius 2 is 1.93 bits per heavy atom. The number of amides is 1. The molecule has 2 heterocycles. The number of fused-ring (bicyclic) bond motifs is 3. The fourth-order valence-corrected chi connectivity index (χ4v) is 3.38. The minimum absolute atomic E-state index is 0.129. The second-order valence-electron chi connectivity index (χ2n) is 6.52. The van der Waals surface area contributed by atoms with Gasteiger partial charge in [-0.05, 0) is 61.9 Å². The van der Waals surface area contributed by atoms with Gasteiger partial charge in [0.05, 0.1) is 24.3 Å². The van der Waals surface area contributed by atoms with E-state index in [9.17, 15) is 9.59 Å². The van der Waals surface area contributed by atoms with Crippen LogP contribution in [0.15, 0.2) is 53.5 Å². The van der Waals surface area contributed by atoms with E-state index in [1.807, 2.05) is 32.0 Å². The topological polar surface area (TPSA) is 77.6 Å². The van der Waals surface area contributed by atoms with Crippen LogP contribution in [-0.2, 0) is 6.54 Å². The van der Waals surface area contributed by atoms with Crippen LogP contribution in [0.5, 0.6) is 5.75 Å². The molecule has 0 fully saturated rings. The van der Waals surface area contributed by atoms with Gasteiger partial charge < -0.3 is 14.6 Å². The van der Waals surface area contributed by atoms with E-state index in [1.165, 1.54) is 0 Å². The Balaban J connectivity index is 1.78. The SMILES string of the molecule is CCn1c(=O)c2ccnn2c2ccc(C(=O)Nc3ccc(OC)cc3C)cc21. The van der Waals surface area contributed by atoms with E-state index >= 15 is 0 Å². The molecule has 1 N–H and O–H groups in total. The van der Waals surface area contributed by atoms with E-state index in [-0.39, 0.29) is 11.5 Å². The van der Waals surface area contributed by atoms with Gasteiger partial charge in [0.25, 0.3) is 11.5 Å². The van der Waals surface area contributed by atoms with Crippen molar-refractivity contribution in [1.82, 2.24) is 14.2 Å². The van der Waals surface area contributed by atoms with Gasteiger partial charge in [-0.15, -0.1) is 0 Å². The third-order valence-electron chi connectivity index (χ3n) is 4.86. The Morgan fingerprint density at radius 3 is 2.64 bits per heavy atom. The molecule has 0 unspecified atom stereocenters. The van der Waals surface area contributed by atoms with Crippen LogP contribution < -0.4 is 15.6 Å². The number of hydrogen-bond acceptors (Lipinski definition) is 4. The number of nitrogens with one attached hydrogen (secondary N) is 1. The number of methoxy groups -OCH3 is 1. The minimum Gasteiger partial charge on any atom is -0.497 e. The lowest BCUT2D eigenvalue weighted by Crippen LogP contribution is -2.23. The number of aromatic nitrogens is 3.